The van der Waals surface area contributed by atoms with Crippen LogP contribution in [0.5, 0.6) is 5.75 Å². The lowest BCUT2D eigenvalue weighted by Crippen LogP contribution is -2.14. The van der Waals surface area contributed by atoms with Crippen molar-refractivity contribution in [1.29, 1.82) is 0 Å². The van der Waals surface area contributed by atoms with Gasteiger partial charge in [0.05, 0.1) is 4.47 Å². The van der Waals surface area contributed by atoms with Gasteiger partial charge in [0, 0.05) is 24.2 Å². The number of hydrogen-bond acceptors (Lipinski definition) is 2. The highest BCUT2D eigenvalue weighted by Crippen LogP contribution is 2.27. The fourth-order valence-corrected chi connectivity index (χ4v) is 2.12. The monoisotopic (exact) mass is 327 g/mol. The Morgan fingerprint density at radius 2 is 1.79 bits per heavy atom. The highest BCUT2D eigenvalue weighted by Gasteiger charge is 2.06. The molecule has 0 unspecified atom stereocenters. The van der Waals surface area contributed by atoms with Crippen molar-refractivity contribution >= 4 is 15.9 Å². The Kier molecular flexibility index (Phi) is 4.50. The molecule has 100 valence electrons. The molecule has 2 rings (SSSR count). The van der Waals surface area contributed by atoms with Gasteiger partial charge in [-0.25, -0.2) is 8.78 Å². The second-order valence-electron chi connectivity index (χ2n) is 4.09. The molecule has 5 heteroatoms. The van der Waals surface area contributed by atoms with E-state index < -0.39 is 11.6 Å². The number of aromatic hydroxyl groups is 1. The molecule has 0 aliphatic heterocycles. The summed E-state index contributed by atoms with van der Waals surface area (Å²) in [4.78, 5) is 0. The molecule has 0 bridgehead atoms. The molecule has 0 saturated carbocycles. The molecule has 19 heavy (non-hydrogen) atoms. The van der Waals surface area contributed by atoms with E-state index >= 15 is 0 Å². The van der Waals surface area contributed by atoms with Crippen LogP contribution >= 0.6 is 15.9 Å². The first-order chi connectivity index (χ1) is 9.08. The molecule has 2 aromatic rings. The standard InChI is InChI=1S/C14H12BrF2NO/c15-12-3-1-2-9(14(12)19)7-18-8-10-6-11(16)4-5-13(10)17/h1-6,18-19H,7-8H2. The van der Waals surface area contributed by atoms with Gasteiger partial charge in [0.1, 0.15) is 17.4 Å². The molecular formula is C14H12BrF2NO. The van der Waals surface area contributed by atoms with Crippen molar-refractivity contribution < 1.29 is 13.9 Å². The number of phenols is 1. The summed E-state index contributed by atoms with van der Waals surface area (Å²) in [6.07, 6.45) is 0. The van der Waals surface area contributed by atoms with Gasteiger partial charge >= 0.3 is 0 Å². The molecule has 0 heterocycles. The highest BCUT2D eigenvalue weighted by atomic mass is 79.9. The van der Waals surface area contributed by atoms with E-state index in [1.807, 2.05) is 0 Å². The fraction of sp³-hybridized carbons (Fsp3) is 0.143. The Hall–Kier alpha value is -1.46. The number of halogens is 3. The van der Waals surface area contributed by atoms with Crippen molar-refractivity contribution in [2.75, 3.05) is 0 Å². The number of para-hydroxylation sites is 1. The van der Waals surface area contributed by atoms with E-state index in [4.69, 9.17) is 0 Å². The Morgan fingerprint density at radius 1 is 1.05 bits per heavy atom. The predicted molar refractivity (Wildman–Crippen MR) is 72.7 cm³/mol. The van der Waals surface area contributed by atoms with Crippen LogP contribution in [0.2, 0.25) is 0 Å². The van der Waals surface area contributed by atoms with Crippen LogP contribution in [0, 0.1) is 11.6 Å². The van der Waals surface area contributed by atoms with E-state index in [2.05, 4.69) is 21.2 Å². The van der Waals surface area contributed by atoms with Crippen molar-refractivity contribution in [3.05, 3.63) is 63.6 Å². The molecule has 0 fully saturated rings. The third-order valence-corrected chi connectivity index (χ3v) is 3.35. The van der Waals surface area contributed by atoms with Crippen LogP contribution in [0.1, 0.15) is 11.1 Å². The van der Waals surface area contributed by atoms with Gasteiger partial charge < -0.3 is 10.4 Å². The molecule has 2 nitrogen and oxygen atoms in total. The third-order valence-electron chi connectivity index (χ3n) is 2.71. The summed E-state index contributed by atoms with van der Waals surface area (Å²) >= 11 is 3.22. The molecule has 2 aromatic carbocycles. The second-order valence-corrected chi connectivity index (χ2v) is 4.94. The maximum absolute atomic E-state index is 13.4. The molecular weight excluding hydrogens is 316 g/mol. The summed E-state index contributed by atoms with van der Waals surface area (Å²) in [5.74, 6) is -0.773. The molecule has 0 aliphatic carbocycles. The van der Waals surface area contributed by atoms with Crippen LogP contribution in [-0.4, -0.2) is 5.11 Å². The van der Waals surface area contributed by atoms with Crippen LogP contribution in [0.15, 0.2) is 40.9 Å². The first-order valence-corrected chi connectivity index (χ1v) is 6.48. The van der Waals surface area contributed by atoms with Crippen LogP contribution in [-0.2, 0) is 13.1 Å². The largest absolute Gasteiger partial charge is 0.506 e. The quantitative estimate of drug-likeness (QED) is 0.896. The van der Waals surface area contributed by atoms with E-state index in [0.29, 0.717) is 16.6 Å². The van der Waals surface area contributed by atoms with Crippen molar-refractivity contribution in [3.8, 4) is 5.75 Å². The number of rotatable bonds is 4. The molecule has 0 spiro atoms. The summed E-state index contributed by atoms with van der Waals surface area (Å²) in [5, 5.41) is 12.7. The first-order valence-electron chi connectivity index (χ1n) is 5.69. The zero-order valence-electron chi connectivity index (χ0n) is 9.96. The molecule has 0 atom stereocenters. The Bertz CT molecular complexity index is 588. The minimum Gasteiger partial charge on any atom is -0.506 e. The SMILES string of the molecule is Oc1c(Br)cccc1CNCc1cc(F)ccc1F. The highest BCUT2D eigenvalue weighted by molar-refractivity contribution is 9.10. The van der Waals surface area contributed by atoms with Crippen molar-refractivity contribution in [1.82, 2.24) is 5.32 Å². The summed E-state index contributed by atoms with van der Waals surface area (Å²) in [5.41, 5.74) is 0.945. The van der Waals surface area contributed by atoms with Crippen LogP contribution in [0.25, 0.3) is 0 Å². The van der Waals surface area contributed by atoms with Crippen LogP contribution < -0.4 is 5.32 Å². The van der Waals surface area contributed by atoms with Gasteiger partial charge in [-0.3, -0.25) is 0 Å². The second kappa shape index (κ2) is 6.12. The molecule has 2 N–H and O–H groups in total. The molecule has 0 radical (unpaired) electrons. The fourth-order valence-electron chi connectivity index (χ4n) is 1.71. The van der Waals surface area contributed by atoms with Gasteiger partial charge in [-0.2, -0.15) is 0 Å². The molecule has 0 aromatic heterocycles. The minimum absolute atomic E-state index is 0.148. The van der Waals surface area contributed by atoms with E-state index in [1.54, 1.807) is 18.2 Å². The average molecular weight is 328 g/mol. The number of hydrogen-bond donors (Lipinski definition) is 2. The van der Waals surface area contributed by atoms with Crippen LogP contribution in [0.3, 0.4) is 0 Å². The summed E-state index contributed by atoms with van der Waals surface area (Å²) < 4.78 is 26.9. The van der Waals surface area contributed by atoms with Crippen LogP contribution in [0.4, 0.5) is 8.78 Å². The van der Waals surface area contributed by atoms with Gasteiger partial charge in [0.15, 0.2) is 0 Å². The van der Waals surface area contributed by atoms with Crippen molar-refractivity contribution in [2.45, 2.75) is 13.1 Å². The van der Waals surface area contributed by atoms with E-state index in [-0.39, 0.29) is 17.9 Å². The topological polar surface area (TPSA) is 32.3 Å². The van der Waals surface area contributed by atoms with Crippen molar-refractivity contribution in [3.63, 3.8) is 0 Å². The number of phenolic OH excluding ortho intramolecular Hbond substituents is 1. The maximum atomic E-state index is 13.4. The molecule has 0 saturated heterocycles. The van der Waals surface area contributed by atoms with Gasteiger partial charge in [-0.05, 0) is 40.2 Å². The minimum atomic E-state index is -0.469. The van der Waals surface area contributed by atoms with Crippen molar-refractivity contribution in [2.24, 2.45) is 0 Å². The zero-order chi connectivity index (χ0) is 13.8. The average Bonchev–Trinajstić information content (AvgIpc) is 2.38. The smallest absolute Gasteiger partial charge is 0.134 e. The third kappa shape index (κ3) is 3.52. The van der Waals surface area contributed by atoms with E-state index in [9.17, 15) is 13.9 Å². The number of nitrogens with one attached hydrogen (secondary N) is 1. The normalized spacial score (nSPS) is 10.7. The van der Waals surface area contributed by atoms with Gasteiger partial charge in [0.25, 0.3) is 0 Å². The molecule has 0 aliphatic rings. The maximum Gasteiger partial charge on any atom is 0.134 e. The first kappa shape index (κ1) is 14.0. The number of benzene rings is 2. The lowest BCUT2D eigenvalue weighted by Gasteiger charge is -2.08. The Labute approximate surface area is 118 Å². The Balaban J connectivity index is 2.00. The summed E-state index contributed by atoms with van der Waals surface area (Å²) in [7, 11) is 0. The van der Waals surface area contributed by atoms with E-state index in [0.717, 1.165) is 18.2 Å². The zero-order valence-corrected chi connectivity index (χ0v) is 11.5. The Morgan fingerprint density at radius 3 is 2.58 bits per heavy atom. The molecule has 0 amide bonds. The van der Waals surface area contributed by atoms with Gasteiger partial charge in [-0.15, -0.1) is 0 Å². The van der Waals surface area contributed by atoms with Gasteiger partial charge in [-0.1, -0.05) is 12.1 Å². The van der Waals surface area contributed by atoms with Gasteiger partial charge in [0.2, 0.25) is 0 Å². The summed E-state index contributed by atoms with van der Waals surface area (Å²) in [6, 6.07) is 8.62. The van der Waals surface area contributed by atoms with E-state index in [1.165, 1.54) is 0 Å². The lowest BCUT2D eigenvalue weighted by atomic mass is 10.1. The predicted octanol–water partition coefficient (Wildman–Crippen LogP) is 3.72. The lowest BCUT2D eigenvalue weighted by molar-refractivity contribution is 0.460. The summed E-state index contributed by atoms with van der Waals surface area (Å²) in [6.45, 7) is 0.552.